The van der Waals surface area contributed by atoms with Crippen LogP contribution in [0.5, 0.6) is 0 Å². The van der Waals surface area contributed by atoms with Crippen LogP contribution < -0.4 is 0 Å². The van der Waals surface area contributed by atoms with Gasteiger partial charge in [0, 0.05) is 6.07 Å². The third-order valence-corrected chi connectivity index (χ3v) is 2.43. The fourth-order valence-corrected chi connectivity index (χ4v) is 1.54. The van der Waals surface area contributed by atoms with Gasteiger partial charge in [0.05, 0.1) is 12.4 Å². The van der Waals surface area contributed by atoms with Crippen LogP contribution in [0.4, 0.5) is 13.2 Å². The van der Waals surface area contributed by atoms with Gasteiger partial charge in [-0.2, -0.15) is 4.39 Å². The maximum absolute atomic E-state index is 13.0. The summed E-state index contributed by atoms with van der Waals surface area (Å²) in [6.07, 6.45) is 0. The van der Waals surface area contributed by atoms with Crippen LogP contribution in [-0.4, -0.2) is 23.3 Å². The predicted molar refractivity (Wildman–Crippen MR) is 51.5 cm³/mol. The Morgan fingerprint density at radius 3 is 2.75 bits per heavy atom. The fraction of sp³-hybridized carbons (Fsp3) is 0.333. The van der Waals surface area contributed by atoms with E-state index in [0.29, 0.717) is 17.8 Å². The molecule has 1 rings (SSSR count). The van der Waals surface area contributed by atoms with Gasteiger partial charge in [0.1, 0.15) is 5.03 Å². The summed E-state index contributed by atoms with van der Waals surface area (Å²) in [6.45, 7) is 1.83. The number of halogens is 3. The van der Waals surface area contributed by atoms with Crippen molar-refractivity contribution in [1.29, 1.82) is 0 Å². The Morgan fingerprint density at radius 1 is 1.44 bits per heavy atom. The molecule has 0 unspecified atom stereocenters. The van der Waals surface area contributed by atoms with E-state index in [2.05, 4.69) is 9.72 Å². The highest BCUT2D eigenvalue weighted by molar-refractivity contribution is 7.99. The molecular weight excluding hydrogens is 243 g/mol. The van der Waals surface area contributed by atoms with Gasteiger partial charge in [-0.3, -0.25) is 4.79 Å². The van der Waals surface area contributed by atoms with E-state index in [4.69, 9.17) is 0 Å². The minimum absolute atomic E-state index is 0.201. The van der Waals surface area contributed by atoms with Gasteiger partial charge in [0.15, 0.2) is 11.6 Å². The third-order valence-electron chi connectivity index (χ3n) is 1.49. The lowest BCUT2D eigenvalue weighted by Gasteiger charge is -2.03. The molecule has 0 saturated carbocycles. The normalized spacial score (nSPS) is 10.2. The summed E-state index contributed by atoms with van der Waals surface area (Å²) in [4.78, 5) is 14.0. The molecule has 0 amide bonds. The monoisotopic (exact) mass is 251 g/mol. The molecule has 1 aromatic rings. The first-order valence-electron chi connectivity index (χ1n) is 4.34. The number of pyridine rings is 1. The van der Waals surface area contributed by atoms with E-state index in [1.54, 1.807) is 6.92 Å². The molecule has 0 aliphatic rings. The van der Waals surface area contributed by atoms with E-state index >= 15 is 0 Å². The second kappa shape index (κ2) is 5.74. The van der Waals surface area contributed by atoms with E-state index in [1.165, 1.54) is 0 Å². The molecular formula is C9H8F3NO2S. The van der Waals surface area contributed by atoms with E-state index in [9.17, 15) is 18.0 Å². The topological polar surface area (TPSA) is 39.2 Å². The zero-order chi connectivity index (χ0) is 12.1. The summed E-state index contributed by atoms with van der Waals surface area (Å²) < 4.78 is 42.8. The Labute approximate surface area is 94.0 Å². The maximum Gasteiger partial charge on any atom is 0.316 e. The molecule has 16 heavy (non-hydrogen) atoms. The van der Waals surface area contributed by atoms with Gasteiger partial charge in [-0.1, -0.05) is 11.8 Å². The van der Waals surface area contributed by atoms with Crippen LogP contribution >= 0.6 is 11.8 Å². The number of ether oxygens (including phenoxy) is 1. The van der Waals surface area contributed by atoms with Gasteiger partial charge >= 0.3 is 5.97 Å². The molecule has 0 fully saturated rings. The lowest BCUT2D eigenvalue weighted by Crippen LogP contribution is -2.07. The summed E-state index contributed by atoms with van der Waals surface area (Å²) >= 11 is 0.651. The zero-order valence-corrected chi connectivity index (χ0v) is 9.11. The van der Waals surface area contributed by atoms with Crippen LogP contribution in [0.3, 0.4) is 0 Å². The van der Waals surface area contributed by atoms with Crippen molar-refractivity contribution in [2.75, 3.05) is 12.4 Å². The molecule has 0 N–H and O–H groups in total. The summed E-state index contributed by atoms with van der Waals surface area (Å²) in [7, 11) is 0. The van der Waals surface area contributed by atoms with Crippen molar-refractivity contribution in [3.8, 4) is 0 Å². The maximum atomic E-state index is 13.0. The number of carbonyl (C=O) groups is 1. The smallest absolute Gasteiger partial charge is 0.316 e. The second-order valence-electron chi connectivity index (χ2n) is 2.64. The number of hydrogen-bond donors (Lipinski definition) is 0. The summed E-state index contributed by atoms with van der Waals surface area (Å²) in [6, 6.07) is 0.385. The number of hydrogen-bond acceptors (Lipinski definition) is 4. The summed E-state index contributed by atoms with van der Waals surface area (Å²) in [5.74, 6) is -4.54. The number of rotatable bonds is 4. The van der Waals surface area contributed by atoms with Crippen molar-refractivity contribution in [3.63, 3.8) is 0 Å². The van der Waals surface area contributed by atoms with Crippen LogP contribution in [0.1, 0.15) is 6.92 Å². The molecule has 0 saturated heterocycles. The molecule has 1 aromatic heterocycles. The van der Waals surface area contributed by atoms with E-state index < -0.39 is 23.6 Å². The third kappa shape index (κ3) is 3.41. The molecule has 0 aliphatic heterocycles. The first kappa shape index (κ1) is 12.8. The minimum atomic E-state index is -1.40. The Bertz CT molecular complexity index is 401. The lowest BCUT2D eigenvalue weighted by atomic mass is 10.4. The largest absolute Gasteiger partial charge is 0.465 e. The summed E-state index contributed by atoms with van der Waals surface area (Å²) in [5, 5.41) is -0.369. The minimum Gasteiger partial charge on any atom is -0.465 e. The number of aromatic nitrogens is 1. The Kier molecular flexibility index (Phi) is 4.60. The van der Waals surface area contributed by atoms with Crippen LogP contribution in [0.15, 0.2) is 11.1 Å². The van der Waals surface area contributed by atoms with Crippen LogP contribution in [-0.2, 0) is 9.53 Å². The standard InChI is InChI=1S/C9H8F3NO2S/c1-2-15-7(14)4-16-9-6(11)3-5(10)8(12)13-9/h3H,2,4H2,1H3. The Balaban J connectivity index is 2.67. The molecule has 0 aromatic carbocycles. The van der Waals surface area contributed by atoms with Crippen molar-refractivity contribution in [2.24, 2.45) is 0 Å². The van der Waals surface area contributed by atoms with Gasteiger partial charge in [0.25, 0.3) is 0 Å². The van der Waals surface area contributed by atoms with Gasteiger partial charge in [0.2, 0.25) is 5.95 Å². The van der Waals surface area contributed by atoms with Crippen molar-refractivity contribution >= 4 is 17.7 Å². The molecule has 0 aliphatic carbocycles. The molecule has 0 radical (unpaired) electrons. The molecule has 88 valence electrons. The van der Waals surface area contributed by atoms with Gasteiger partial charge in [-0.25, -0.2) is 13.8 Å². The number of thioether (sulfide) groups is 1. The highest BCUT2D eigenvalue weighted by atomic mass is 32.2. The quantitative estimate of drug-likeness (QED) is 0.467. The average Bonchev–Trinajstić information content (AvgIpc) is 2.22. The number of carbonyl (C=O) groups excluding carboxylic acids is 1. The van der Waals surface area contributed by atoms with Crippen LogP contribution in [0.25, 0.3) is 0 Å². The Hall–Kier alpha value is -1.24. The predicted octanol–water partition coefficient (Wildman–Crippen LogP) is 2.15. The average molecular weight is 251 g/mol. The molecule has 1 heterocycles. The van der Waals surface area contributed by atoms with Crippen molar-refractivity contribution in [2.45, 2.75) is 11.9 Å². The van der Waals surface area contributed by atoms with Gasteiger partial charge in [-0.05, 0) is 6.92 Å². The van der Waals surface area contributed by atoms with E-state index in [0.717, 1.165) is 0 Å². The fourth-order valence-electron chi connectivity index (χ4n) is 0.860. The highest BCUT2D eigenvalue weighted by Gasteiger charge is 2.13. The van der Waals surface area contributed by atoms with Crippen molar-refractivity contribution in [1.82, 2.24) is 4.98 Å². The summed E-state index contributed by atoms with van der Waals surface area (Å²) in [5.41, 5.74) is 0. The van der Waals surface area contributed by atoms with E-state index in [-0.39, 0.29) is 17.4 Å². The number of esters is 1. The molecule has 0 spiro atoms. The molecule has 7 heteroatoms. The molecule has 0 atom stereocenters. The van der Waals surface area contributed by atoms with Gasteiger partial charge < -0.3 is 4.74 Å². The molecule has 3 nitrogen and oxygen atoms in total. The van der Waals surface area contributed by atoms with Crippen molar-refractivity contribution < 1.29 is 22.7 Å². The van der Waals surface area contributed by atoms with Gasteiger partial charge in [-0.15, -0.1) is 0 Å². The first-order chi connectivity index (χ1) is 7.54. The SMILES string of the molecule is CCOC(=O)CSc1nc(F)c(F)cc1F. The van der Waals surface area contributed by atoms with Crippen molar-refractivity contribution in [3.05, 3.63) is 23.6 Å². The lowest BCUT2D eigenvalue weighted by molar-refractivity contribution is -0.139. The molecule has 0 bridgehead atoms. The first-order valence-corrected chi connectivity index (χ1v) is 5.33. The van der Waals surface area contributed by atoms with E-state index in [1.807, 2.05) is 0 Å². The van der Waals surface area contributed by atoms with Crippen LogP contribution in [0.2, 0.25) is 0 Å². The number of nitrogens with zero attached hydrogens (tertiary/aromatic N) is 1. The second-order valence-corrected chi connectivity index (χ2v) is 3.61. The Morgan fingerprint density at radius 2 is 2.12 bits per heavy atom. The zero-order valence-electron chi connectivity index (χ0n) is 8.30. The highest BCUT2D eigenvalue weighted by Crippen LogP contribution is 2.21. The van der Waals surface area contributed by atoms with Crippen LogP contribution in [0, 0.1) is 17.6 Å².